The number of hydrogen-bond acceptors (Lipinski definition) is 3. The van der Waals surface area contributed by atoms with Crippen LogP contribution < -0.4 is 5.73 Å². The maximum absolute atomic E-state index is 10.5. The smallest absolute Gasteiger partial charge is 0.257 e. The van der Waals surface area contributed by atoms with Crippen LogP contribution in [0.1, 0.15) is 0 Å². The van der Waals surface area contributed by atoms with E-state index in [0.717, 1.165) is 0 Å². The molecular weight excluding hydrogens is 292 g/mol. The molecule has 64 valence electrons. The SMILES string of the molecule is NC(=O)C(Br)=Cn1cnc(Br)n1. The van der Waals surface area contributed by atoms with Gasteiger partial charge in [-0.2, -0.15) is 0 Å². The van der Waals surface area contributed by atoms with E-state index in [2.05, 4.69) is 41.9 Å². The Bertz CT molecular complexity index is 332. The molecule has 1 amide bonds. The van der Waals surface area contributed by atoms with Crippen LogP contribution >= 0.6 is 31.9 Å². The van der Waals surface area contributed by atoms with Gasteiger partial charge >= 0.3 is 0 Å². The van der Waals surface area contributed by atoms with E-state index in [1.807, 2.05) is 0 Å². The van der Waals surface area contributed by atoms with Crippen molar-refractivity contribution in [2.45, 2.75) is 0 Å². The molecule has 0 aliphatic carbocycles. The number of aromatic nitrogens is 3. The number of halogens is 2. The van der Waals surface area contributed by atoms with Crippen LogP contribution in [0.25, 0.3) is 6.20 Å². The van der Waals surface area contributed by atoms with Crippen molar-refractivity contribution in [1.82, 2.24) is 14.8 Å². The first-order chi connectivity index (χ1) is 5.59. The number of nitrogens with two attached hydrogens (primary N) is 1. The average Bonchev–Trinajstić information content (AvgIpc) is 2.35. The number of primary amides is 1. The van der Waals surface area contributed by atoms with Crippen LogP contribution in [0.3, 0.4) is 0 Å². The summed E-state index contributed by atoms with van der Waals surface area (Å²) in [6, 6.07) is 0. The highest BCUT2D eigenvalue weighted by molar-refractivity contribution is 9.12. The number of rotatable bonds is 2. The average molecular weight is 296 g/mol. The topological polar surface area (TPSA) is 73.8 Å². The highest BCUT2D eigenvalue weighted by Crippen LogP contribution is 2.06. The van der Waals surface area contributed by atoms with Crippen LogP contribution in [0.4, 0.5) is 0 Å². The standard InChI is InChI=1S/C5H4Br2N4O/c6-3(4(8)12)1-11-2-9-5(7)10-11/h1-2H,(H2,8,12). The highest BCUT2D eigenvalue weighted by Gasteiger charge is 2.00. The Morgan fingerprint density at radius 2 is 2.42 bits per heavy atom. The molecule has 12 heavy (non-hydrogen) atoms. The molecule has 0 aliphatic rings. The summed E-state index contributed by atoms with van der Waals surface area (Å²) in [6.45, 7) is 0. The Morgan fingerprint density at radius 1 is 1.75 bits per heavy atom. The molecular formula is C5H4Br2N4O. The summed E-state index contributed by atoms with van der Waals surface area (Å²) in [5.74, 6) is -0.554. The molecule has 0 aliphatic heterocycles. The first kappa shape index (κ1) is 9.40. The van der Waals surface area contributed by atoms with Crippen molar-refractivity contribution in [2.75, 3.05) is 0 Å². The lowest BCUT2D eigenvalue weighted by molar-refractivity contribution is -0.113. The van der Waals surface area contributed by atoms with E-state index in [9.17, 15) is 4.79 Å². The van der Waals surface area contributed by atoms with Crippen molar-refractivity contribution in [3.63, 3.8) is 0 Å². The molecule has 5 nitrogen and oxygen atoms in total. The predicted molar refractivity (Wildman–Crippen MR) is 50.1 cm³/mol. The normalized spacial score (nSPS) is 11.7. The number of carbonyl (C=O) groups is 1. The molecule has 1 rings (SSSR count). The second kappa shape index (κ2) is 3.81. The summed E-state index contributed by atoms with van der Waals surface area (Å²) in [5, 5.41) is 3.84. The van der Waals surface area contributed by atoms with E-state index in [1.54, 1.807) is 0 Å². The van der Waals surface area contributed by atoms with E-state index in [-0.39, 0.29) is 4.48 Å². The third-order valence-corrected chi connectivity index (χ3v) is 1.92. The second-order valence-corrected chi connectivity index (χ2v) is 3.40. The minimum Gasteiger partial charge on any atom is -0.365 e. The molecule has 7 heteroatoms. The van der Waals surface area contributed by atoms with Crippen molar-refractivity contribution in [3.05, 3.63) is 15.5 Å². The van der Waals surface area contributed by atoms with Gasteiger partial charge in [-0.15, -0.1) is 5.10 Å². The molecule has 1 aromatic heterocycles. The number of carbonyl (C=O) groups excluding carboxylic acids is 1. The van der Waals surface area contributed by atoms with Crippen LogP contribution in [-0.4, -0.2) is 20.7 Å². The lowest BCUT2D eigenvalue weighted by atomic mass is 10.6. The maximum atomic E-state index is 10.5. The van der Waals surface area contributed by atoms with Crippen LogP contribution in [-0.2, 0) is 4.79 Å². The fraction of sp³-hybridized carbons (Fsp3) is 0. The fourth-order valence-electron chi connectivity index (χ4n) is 0.496. The number of nitrogens with zero attached hydrogens (tertiary/aromatic N) is 3. The van der Waals surface area contributed by atoms with E-state index in [0.29, 0.717) is 4.73 Å². The molecule has 0 aromatic carbocycles. The molecule has 0 unspecified atom stereocenters. The first-order valence-electron chi connectivity index (χ1n) is 2.83. The minimum absolute atomic E-state index is 0.236. The van der Waals surface area contributed by atoms with Gasteiger partial charge < -0.3 is 5.73 Å². The quantitative estimate of drug-likeness (QED) is 0.817. The van der Waals surface area contributed by atoms with Crippen molar-refractivity contribution < 1.29 is 4.79 Å². The second-order valence-electron chi connectivity index (χ2n) is 1.83. The monoisotopic (exact) mass is 294 g/mol. The summed E-state index contributed by atoms with van der Waals surface area (Å²) in [4.78, 5) is 14.3. The molecule has 2 N–H and O–H groups in total. The number of amides is 1. The lowest BCUT2D eigenvalue weighted by Gasteiger charge is -1.90. The molecule has 0 saturated carbocycles. The van der Waals surface area contributed by atoms with Crippen molar-refractivity contribution in [2.24, 2.45) is 5.73 Å². The summed E-state index contributed by atoms with van der Waals surface area (Å²) in [5.41, 5.74) is 4.96. The molecule has 0 saturated heterocycles. The highest BCUT2D eigenvalue weighted by atomic mass is 79.9. The Labute approximate surface area is 84.9 Å². The Hall–Kier alpha value is -0.690. The van der Waals surface area contributed by atoms with Crippen LogP contribution in [0, 0.1) is 0 Å². The predicted octanol–water partition coefficient (Wildman–Crippen LogP) is 0.719. The van der Waals surface area contributed by atoms with Gasteiger partial charge in [-0.25, -0.2) is 9.67 Å². The molecule has 0 fully saturated rings. The fourth-order valence-corrected chi connectivity index (χ4v) is 0.980. The summed E-state index contributed by atoms with van der Waals surface area (Å²) >= 11 is 6.03. The number of hydrogen-bond donors (Lipinski definition) is 1. The van der Waals surface area contributed by atoms with E-state index in [1.165, 1.54) is 17.2 Å². The minimum atomic E-state index is -0.554. The first-order valence-corrected chi connectivity index (χ1v) is 4.42. The van der Waals surface area contributed by atoms with Crippen molar-refractivity contribution in [1.29, 1.82) is 0 Å². The Balaban J connectivity index is 2.87. The molecule has 1 heterocycles. The third kappa shape index (κ3) is 2.42. The molecule has 0 bridgehead atoms. The molecule has 1 aromatic rings. The van der Waals surface area contributed by atoms with Gasteiger partial charge in [-0.1, -0.05) is 0 Å². The van der Waals surface area contributed by atoms with Gasteiger partial charge in [0.25, 0.3) is 5.91 Å². The van der Waals surface area contributed by atoms with Gasteiger partial charge in [0.1, 0.15) is 10.8 Å². The molecule has 0 spiro atoms. The van der Waals surface area contributed by atoms with E-state index < -0.39 is 5.91 Å². The van der Waals surface area contributed by atoms with Gasteiger partial charge in [-0.05, 0) is 31.9 Å². The van der Waals surface area contributed by atoms with Crippen molar-refractivity contribution >= 4 is 44.0 Å². The zero-order valence-electron chi connectivity index (χ0n) is 5.74. The lowest BCUT2D eigenvalue weighted by Crippen LogP contribution is -2.10. The van der Waals surface area contributed by atoms with E-state index >= 15 is 0 Å². The zero-order chi connectivity index (χ0) is 9.14. The summed E-state index contributed by atoms with van der Waals surface area (Å²) < 4.78 is 2.04. The summed E-state index contributed by atoms with van der Waals surface area (Å²) in [6.07, 6.45) is 2.86. The Kier molecular flexibility index (Phi) is 2.99. The van der Waals surface area contributed by atoms with Crippen LogP contribution in [0.2, 0.25) is 0 Å². The van der Waals surface area contributed by atoms with Gasteiger partial charge in [0.05, 0.1) is 6.20 Å². The zero-order valence-corrected chi connectivity index (χ0v) is 8.91. The molecule has 0 atom stereocenters. The van der Waals surface area contributed by atoms with E-state index in [4.69, 9.17) is 5.73 Å². The van der Waals surface area contributed by atoms with Crippen LogP contribution in [0.15, 0.2) is 15.5 Å². The maximum Gasteiger partial charge on any atom is 0.257 e. The van der Waals surface area contributed by atoms with Gasteiger partial charge in [0.2, 0.25) is 4.73 Å². The van der Waals surface area contributed by atoms with Crippen molar-refractivity contribution in [3.8, 4) is 0 Å². The van der Waals surface area contributed by atoms with Gasteiger partial charge in [0, 0.05) is 0 Å². The van der Waals surface area contributed by atoms with Crippen LogP contribution in [0.5, 0.6) is 0 Å². The molecule has 0 radical (unpaired) electrons. The largest absolute Gasteiger partial charge is 0.365 e. The van der Waals surface area contributed by atoms with Gasteiger partial charge in [-0.3, -0.25) is 4.79 Å². The van der Waals surface area contributed by atoms with Gasteiger partial charge in [0.15, 0.2) is 0 Å². The Morgan fingerprint density at radius 3 is 2.83 bits per heavy atom. The summed E-state index contributed by atoms with van der Waals surface area (Å²) in [7, 11) is 0. The third-order valence-electron chi connectivity index (χ3n) is 0.962.